The zero-order chi connectivity index (χ0) is 24.5. The molecule has 2 atom stereocenters. The van der Waals surface area contributed by atoms with Crippen LogP contribution in [0.2, 0.25) is 0 Å². The minimum atomic E-state index is -0.452. The number of anilines is 1. The van der Waals surface area contributed by atoms with Gasteiger partial charge in [0.15, 0.2) is 11.4 Å². The van der Waals surface area contributed by atoms with Gasteiger partial charge in [0, 0.05) is 37.1 Å². The zero-order valence-electron chi connectivity index (χ0n) is 19.5. The predicted octanol–water partition coefficient (Wildman–Crippen LogP) is 5.22. The molecule has 1 fully saturated rings. The Kier molecular flexibility index (Phi) is 6.15. The summed E-state index contributed by atoms with van der Waals surface area (Å²) in [5.74, 6) is -0.566. The first-order valence-electron chi connectivity index (χ1n) is 11.6. The van der Waals surface area contributed by atoms with Crippen LogP contribution in [-0.4, -0.2) is 44.9 Å². The molecule has 1 amide bonds. The SMILES string of the molecule is Cc1cc(-c2ncccn2)c(C(=O)N2CCCC(C)C2CNc2nc3ccc(F)cc3o2)cc1F. The van der Waals surface area contributed by atoms with Crippen molar-refractivity contribution in [1.82, 2.24) is 19.9 Å². The van der Waals surface area contributed by atoms with E-state index < -0.39 is 11.6 Å². The number of hydrogen-bond acceptors (Lipinski definition) is 6. The number of aromatic nitrogens is 3. The van der Waals surface area contributed by atoms with Crippen LogP contribution in [0.15, 0.2) is 53.2 Å². The summed E-state index contributed by atoms with van der Waals surface area (Å²) in [6, 6.07) is 8.83. The maximum atomic E-state index is 14.6. The average molecular weight is 478 g/mol. The molecule has 35 heavy (non-hydrogen) atoms. The van der Waals surface area contributed by atoms with E-state index in [9.17, 15) is 13.6 Å². The molecule has 1 aliphatic rings. The number of rotatable bonds is 5. The second-order valence-corrected chi connectivity index (χ2v) is 8.92. The first kappa shape index (κ1) is 22.9. The molecule has 9 heteroatoms. The van der Waals surface area contributed by atoms with Crippen LogP contribution in [0.3, 0.4) is 0 Å². The van der Waals surface area contributed by atoms with Crippen LogP contribution in [-0.2, 0) is 0 Å². The summed E-state index contributed by atoms with van der Waals surface area (Å²) >= 11 is 0. The molecule has 5 rings (SSSR count). The largest absolute Gasteiger partial charge is 0.423 e. The quantitative estimate of drug-likeness (QED) is 0.424. The number of halogens is 2. The van der Waals surface area contributed by atoms with Gasteiger partial charge in [0.25, 0.3) is 11.9 Å². The standard InChI is InChI=1S/C26H25F2N5O2/c1-15-5-3-10-33(22(15)14-31-26-32-21-7-6-17(27)12-23(21)35-26)25(34)19-13-20(28)16(2)11-18(19)24-29-8-4-9-30-24/h4,6-9,11-13,15,22H,3,5,10,14H2,1-2H3,(H,31,32). The molecule has 0 aliphatic carbocycles. The van der Waals surface area contributed by atoms with E-state index in [1.807, 2.05) is 0 Å². The molecule has 7 nitrogen and oxygen atoms in total. The van der Waals surface area contributed by atoms with Crippen molar-refractivity contribution in [2.24, 2.45) is 5.92 Å². The second-order valence-electron chi connectivity index (χ2n) is 8.92. The first-order chi connectivity index (χ1) is 16.9. The highest BCUT2D eigenvalue weighted by Crippen LogP contribution is 2.30. The van der Waals surface area contributed by atoms with E-state index in [4.69, 9.17) is 4.42 Å². The summed E-state index contributed by atoms with van der Waals surface area (Å²) in [4.78, 5) is 28.5. The third-order valence-corrected chi connectivity index (χ3v) is 6.53. The number of amides is 1. The molecular formula is C26H25F2N5O2. The fraction of sp³-hybridized carbons (Fsp3) is 0.308. The number of nitrogens with zero attached hydrogens (tertiary/aromatic N) is 4. The van der Waals surface area contributed by atoms with Crippen molar-refractivity contribution in [1.29, 1.82) is 0 Å². The van der Waals surface area contributed by atoms with Crippen molar-refractivity contribution in [2.45, 2.75) is 32.7 Å². The minimum Gasteiger partial charge on any atom is -0.423 e. The minimum absolute atomic E-state index is 0.183. The van der Waals surface area contributed by atoms with Crippen LogP contribution in [0.5, 0.6) is 0 Å². The molecule has 0 saturated carbocycles. The number of aryl methyl sites for hydroxylation is 1. The molecule has 0 bridgehead atoms. The molecule has 180 valence electrons. The fourth-order valence-electron chi connectivity index (χ4n) is 4.61. The van der Waals surface area contributed by atoms with E-state index in [1.165, 1.54) is 18.2 Å². The molecule has 0 radical (unpaired) electrons. The Bertz CT molecular complexity index is 1380. The van der Waals surface area contributed by atoms with Crippen LogP contribution >= 0.6 is 0 Å². The Hall–Kier alpha value is -3.88. The van der Waals surface area contributed by atoms with E-state index in [2.05, 4.69) is 27.2 Å². The van der Waals surface area contributed by atoms with Gasteiger partial charge in [-0.1, -0.05) is 6.92 Å². The summed E-state index contributed by atoms with van der Waals surface area (Å²) in [6.07, 6.45) is 4.98. The van der Waals surface area contributed by atoms with Crippen LogP contribution in [0.4, 0.5) is 14.8 Å². The van der Waals surface area contributed by atoms with E-state index in [0.717, 1.165) is 12.8 Å². The molecule has 3 heterocycles. The monoisotopic (exact) mass is 477 g/mol. The van der Waals surface area contributed by atoms with Gasteiger partial charge in [-0.15, -0.1) is 0 Å². The number of piperidine rings is 1. The number of likely N-dealkylation sites (tertiary alicyclic amines) is 1. The topological polar surface area (TPSA) is 84.2 Å². The highest BCUT2D eigenvalue weighted by molar-refractivity contribution is 6.00. The van der Waals surface area contributed by atoms with Gasteiger partial charge in [0.1, 0.15) is 17.2 Å². The van der Waals surface area contributed by atoms with Crippen molar-refractivity contribution >= 4 is 23.0 Å². The van der Waals surface area contributed by atoms with Gasteiger partial charge < -0.3 is 14.6 Å². The fourth-order valence-corrected chi connectivity index (χ4v) is 4.61. The highest BCUT2D eigenvalue weighted by Gasteiger charge is 2.34. The maximum Gasteiger partial charge on any atom is 0.295 e. The summed E-state index contributed by atoms with van der Waals surface area (Å²) in [6.45, 7) is 4.66. The Morgan fingerprint density at radius 3 is 2.80 bits per heavy atom. The molecule has 4 aromatic rings. The van der Waals surface area contributed by atoms with E-state index >= 15 is 0 Å². The van der Waals surface area contributed by atoms with Gasteiger partial charge in [-0.25, -0.2) is 18.7 Å². The second kappa shape index (κ2) is 9.40. The number of fused-ring (bicyclic) bond motifs is 1. The third-order valence-electron chi connectivity index (χ3n) is 6.53. The van der Waals surface area contributed by atoms with Crippen molar-refractivity contribution in [3.63, 3.8) is 0 Å². The molecular weight excluding hydrogens is 452 g/mol. The summed E-state index contributed by atoms with van der Waals surface area (Å²) in [5.41, 5.74) is 2.04. The van der Waals surface area contributed by atoms with Gasteiger partial charge in [-0.2, -0.15) is 4.98 Å². The molecule has 0 spiro atoms. The smallest absolute Gasteiger partial charge is 0.295 e. The summed E-state index contributed by atoms with van der Waals surface area (Å²) in [5, 5.41) is 3.16. The van der Waals surface area contributed by atoms with Gasteiger partial charge >= 0.3 is 0 Å². The van der Waals surface area contributed by atoms with Crippen molar-refractivity contribution in [2.75, 3.05) is 18.4 Å². The Labute approximate surface area is 201 Å². The third kappa shape index (κ3) is 4.58. The molecule has 1 aliphatic heterocycles. The maximum absolute atomic E-state index is 14.6. The number of nitrogens with one attached hydrogen (secondary N) is 1. The molecule has 2 aromatic heterocycles. The van der Waals surface area contributed by atoms with Gasteiger partial charge in [-0.05, 0) is 61.6 Å². The molecule has 2 unspecified atom stereocenters. The lowest BCUT2D eigenvalue weighted by Crippen LogP contribution is -2.51. The van der Waals surface area contributed by atoms with Crippen LogP contribution in [0.1, 0.15) is 35.7 Å². The van der Waals surface area contributed by atoms with E-state index in [-0.39, 0.29) is 29.4 Å². The molecule has 1 saturated heterocycles. The summed E-state index contributed by atoms with van der Waals surface area (Å²) < 4.78 is 33.7. The number of hydrogen-bond donors (Lipinski definition) is 1. The number of carbonyl (C=O) groups is 1. The number of carbonyl (C=O) groups excluding carboxylic acids is 1. The highest BCUT2D eigenvalue weighted by atomic mass is 19.1. The lowest BCUT2D eigenvalue weighted by Gasteiger charge is -2.40. The van der Waals surface area contributed by atoms with E-state index in [0.29, 0.717) is 41.1 Å². The summed E-state index contributed by atoms with van der Waals surface area (Å²) in [7, 11) is 0. The lowest BCUT2D eigenvalue weighted by molar-refractivity contribution is 0.0539. The van der Waals surface area contributed by atoms with Crippen molar-refractivity contribution in [3.05, 3.63) is 71.6 Å². The zero-order valence-corrected chi connectivity index (χ0v) is 19.5. The van der Waals surface area contributed by atoms with Crippen LogP contribution < -0.4 is 5.32 Å². The Morgan fingerprint density at radius 2 is 2.00 bits per heavy atom. The molecule has 2 aromatic carbocycles. The predicted molar refractivity (Wildman–Crippen MR) is 128 cm³/mol. The Balaban J connectivity index is 1.43. The normalized spacial score (nSPS) is 18.1. The van der Waals surface area contributed by atoms with Crippen LogP contribution in [0, 0.1) is 24.5 Å². The van der Waals surface area contributed by atoms with Crippen molar-refractivity contribution < 1.29 is 18.0 Å². The van der Waals surface area contributed by atoms with Gasteiger partial charge in [-0.3, -0.25) is 4.79 Å². The average Bonchev–Trinajstić information content (AvgIpc) is 3.26. The number of oxazole rings is 1. The number of benzene rings is 2. The first-order valence-corrected chi connectivity index (χ1v) is 11.6. The van der Waals surface area contributed by atoms with Gasteiger partial charge in [0.05, 0.1) is 11.6 Å². The van der Waals surface area contributed by atoms with Crippen LogP contribution in [0.25, 0.3) is 22.5 Å². The lowest BCUT2D eigenvalue weighted by atomic mass is 9.89. The van der Waals surface area contributed by atoms with Crippen molar-refractivity contribution in [3.8, 4) is 11.4 Å². The Morgan fingerprint density at radius 1 is 1.20 bits per heavy atom. The molecule has 1 N–H and O–H groups in total. The van der Waals surface area contributed by atoms with Gasteiger partial charge in [0.2, 0.25) is 0 Å². The van der Waals surface area contributed by atoms with E-state index in [1.54, 1.807) is 42.4 Å².